The molecule has 0 bridgehead atoms. The molecule has 0 amide bonds. The zero-order valence-corrected chi connectivity index (χ0v) is 9.16. The molecule has 1 saturated heterocycles. The SMILES string of the molecule is CC1COC(C)(Cc2ccccc2O)N1. The van der Waals surface area contributed by atoms with Gasteiger partial charge in [-0.25, -0.2) is 0 Å². The van der Waals surface area contributed by atoms with Gasteiger partial charge in [-0.05, 0) is 25.5 Å². The Kier molecular flexibility index (Phi) is 2.67. The van der Waals surface area contributed by atoms with Crippen molar-refractivity contribution >= 4 is 0 Å². The van der Waals surface area contributed by atoms with Crippen molar-refractivity contribution in [3.05, 3.63) is 29.8 Å². The number of benzene rings is 1. The maximum absolute atomic E-state index is 9.67. The number of para-hydroxylation sites is 1. The number of rotatable bonds is 2. The van der Waals surface area contributed by atoms with Crippen LogP contribution >= 0.6 is 0 Å². The van der Waals surface area contributed by atoms with Crippen LogP contribution in [0.3, 0.4) is 0 Å². The Hall–Kier alpha value is -1.06. The first-order valence-corrected chi connectivity index (χ1v) is 5.28. The summed E-state index contributed by atoms with van der Waals surface area (Å²) < 4.78 is 5.69. The van der Waals surface area contributed by atoms with Gasteiger partial charge < -0.3 is 9.84 Å². The minimum atomic E-state index is -0.349. The van der Waals surface area contributed by atoms with Gasteiger partial charge >= 0.3 is 0 Å². The van der Waals surface area contributed by atoms with Crippen LogP contribution in [0.1, 0.15) is 19.4 Å². The fraction of sp³-hybridized carbons (Fsp3) is 0.500. The lowest BCUT2D eigenvalue weighted by Gasteiger charge is -2.24. The third kappa shape index (κ3) is 2.30. The highest BCUT2D eigenvalue weighted by Gasteiger charge is 2.33. The molecule has 2 unspecified atom stereocenters. The van der Waals surface area contributed by atoms with E-state index in [2.05, 4.69) is 12.2 Å². The predicted molar refractivity (Wildman–Crippen MR) is 58.8 cm³/mol. The van der Waals surface area contributed by atoms with Crippen LogP contribution in [0.15, 0.2) is 24.3 Å². The molecule has 1 aliphatic heterocycles. The van der Waals surface area contributed by atoms with Crippen molar-refractivity contribution in [1.82, 2.24) is 5.32 Å². The molecule has 1 aliphatic rings. The normalized spacial score (nSPS) is 30.7. The van der Waals surface area contributed by atoms with Gasteiger partial charge in [0.25, 0.3) is 0 Å². The lowest BCUT2D eigenvalue weighted by Crippen LogP contribution is -2.42. The predicted octanol–water partition coefficient (Wildman–Crippen LogP) is 1.66. The summed E-state index contributed by atoms with van der Waals surface area (Å²) in [7, 11) is 0. The number of ether oxygens (including phenoxy) is 1. The number of aromatic hydroxyl groups is 1. The monoisotopic (exact) mass is 207 g/mol. The molecule has 2 N–H and O–H groups in total. The van der Waals surface area contributed by atoms with Gasteiger partial charge in [-0.3, -0.25) is 5.32 Å². The van der Waals surface area contributed by atoms with Gasteiger partial charge in [-0.15, -0.1) is 0 Å². The van der Waals surface area contributed by atoms with Crippen LogP contribution in [0.25, 0.3) is 0 Å². The topological polar surface area (TPSA) is 41.5 Å². The first kappa shape index (κ1) is 10.5. The zero-order valence-electron chi connectivity index (χ0n) is 9.16. The molecule has 0 aliphatic carbocycles. The van der Waals surface area contributed by atoms with Gasteiger partial charge in [-0.1, -0.05) is 18.2 Å². The summed E-state index contributed by atoms with van der Waals surface area (Å²) in [5.74, 6) is 0.337. The van der Waals surface area contributed by atoms with E-state index >= 15 is 0 Å². The molecule has 0 aromatic heterocycles. The Balaban J connectivity index is 2.12. The molecule has 0 saturated carbocycles. The lowest BCUT2D eigenvalue weighted by atomic mass is 10.0. The molecule has 0 spiro atoms. The first-order chi connectivity index (χ1) is 7.09. The van der Waals surface area contributed by atoms with Crippen molar-refractivity contribution in [3.63, 3.8) is 0 Å². The van der Waals surface area contributed by atoms with Crippen LogP contribution in [0.5, 0.6) is 5.75 Å². The Bertz CT molecular complexity index is 353. The summed E-state index contributed by atoms with van der Waals surface area (Å²) in [5.41, 5.74) is 0.569. The summed E-state index contributed by atoms with van der Waals surface area (Å²) >= 11 is 0. The number of phenolic OH excluding ortho intramolecular Hbond substituents is 1. The summed E-state index contributed by atoms with van der Waals surface area (Å²) in [4.78, 5) is 0. The average Bonchev–Trinajstić information content (AvgIpc) is 2.51. The molecule has 1 heterocycles. The van der Waals surface area contributed by atoms with E-state index < -0.39 is 0 Å². The highest BCUT2D eigenvalue weighted by atomic mass is 16.5. The van der Waals surface area contributed by atoms with Gasteiger partial charge in [0.05, 0.1) is 6.61 Å². The van der Waals surface area contributed by atoms with Crippen molar-refractivity contribution in [3.8, 4) is 5.75 Å². The quantitative estimate of drug-likeness (QED) is 0.775. The van der Waals surface area contributed by atoms with E-state index in [1.54, 1.807) is 6.07 Å². The molecule has 1 fully saturated rings. The highest BCUT2D eigenvalue weighted by Crippen LogP contribution is 2.25. The third-order valence-corrected chi connectivity index (χ3v) is 2.72. The largest absolute Gasteiger partial charge is 0.508 e. The van der Waals surface area contributed by atoms with Crippen LogP contribution in [0.4, 0.5) is 0 Å². The van der Waals surface area contributed by atoms with Crippen molar-refractivity contribution in [2.45, 2.75) is 32.0 Å². The van der Waals surface area contributed by atoms with Crippen molar-refractivity contribution in [2.75, 3.05) is 6.61 Å². The molecule has 3 nitrogen and oxygen atoms in total. The fourth-order valence-corrected chi connectivity index (χ4v) is 2.04. The Morgan fingerprint density at radius 1 is 1.53 bits per heavy atom. The van der Waals surface area contributed by atoms with Gasteiger partial charge in [0.2, 0.25) is 0 Å². The second-order valence-corrected chi connectivity index (χ2v) is 4.39. The molecule has 82 valence electrons. The first-order valence-electron chi connectivity index (χ1n) is 5.28. The van der Waals surface area contributed by atoms with E-state index in [9.17, 15) is 5.11 Å². The van der Waals surface area contributed by atoms with E-state index in [0.717, 1.165) is 12.2 Å². The van der Waals surface area contributed by atoms with Gasteiger partial charge in [0.1, 0.15) is 11.5 Å². The number of nitrogens with one attached hydrogen (secondary N) is 1. The summed E-state index contributed by atoms with van der Waals surface area (Å²) in [6, 6.07) is 7.76. The molecule has 3 heteroatoms. The van der Waals surface area contributed by atoms with Crippen LogP contribution in [-0.4, -0.2) is 23.5 Å². The van der Waals surface area contributed by atoms with Crippen molar-refractivity contribution < 1.29 is 9.84 Å². The molecular weight excluding hydrogens is 190 g/mol. The third-order valence-electron chi connectivity index (χ3n) is 2.72. The molecule has 0 radical (unpaired) electrons. The van der Waals surface area contributed by atoms with Gasteiger partial charge in [0.15, 0.2) is 0 Å². The van der Waals surface area contributed by atoms with E-state index in [1.165, 1.54) is 0 Å². The zero-order chi connectivity index (χ0) is 10.9. The van der Waals surface area contributed by atoms with E-state index in [4.69, 9.17) is 4.74 Å². The van der Waals surface area contributed by atoms with Crippen LogP contribution < -0.4 is 5.32 Å². The Labute approximate surface area is 90.1 Å². The standard InChI is InChI=1S/C12H17NO2/c1-9-8-15-12(2,13-9)7-10-5-3-4-6-11(10)14/h3-6,9,13-14H,7-8H2,1-2H3. The Morgan fingerprint density at radius 2 is 2.27 bits per heavy atom. The van der Waals surface area contributed by atoms with Gasteiger partial charge in [-0.2, -0.15) is 0 Å². The van der Waals surface area contributed by atoms with E-state index in [0.29, 0.717) is 18.2 Å². The minimum absolute atomic E-state index is 0.337. The number of hydrogen-bond donors (Lipinski definition) is 2. The van der Waals surface area contributed by atoms with Crippen molar-refractivity contribution in [1.29, 1.82) is 0 Å². The summed E-state index contributed by atoms with van der Waals surface area (Å²) in [6.07, 6.45) is 0.685. The van der Waals surface area contributed by atoms with E-state index in [-0.39, 0.29) is 5.72 Å². The number of phenols is 1. The lowest BCUT2D eigenvalue weighted by molar-refractivity contribution is 0.00649. The van der Waals surface area contributed by atoms with Crippen LogP contribution in [0.2, 0.25) is 0 Å². The smallest absolute Gasteiger partial charge is 0.120 e. The minimum Gasteiger partial charge on any atom is -0.508 e. The molecule has 2 atom stereocenters. The molecule has 1 aromatic rings. The molecule has 2 rings (SSSR count). The molecule has 1 aromatic carbocycles. The summed E-state index contributed by atoms with van der Waals surface area (Å²) in [5, 5.41) is 13.0. The van der Waals surface area contributed by atoms with Crippen LogP contribution in [-0.2, 0) is 11.2 Å². The maximum atomic E-state index is 9.67. The molecule has 15 heavy (non-hydrogen) atoms. The summed E-state index contributed by atoms with van der Waals surface area (Å²) in [6.45, 7) is 4.84. The average molecular weight is 207 g/mol. The van der Waals surface area contributed by atoms with Crippen molar-refractivity contribution in [2.24, 2.45) is 0 Å². The fourth-order valence-electron chi connectivity index (χ4n) is 2.04. The second kappa shape index (κ2) is 3.83. The van der Waals surface area contributed by atoms with Gasteiger partial charge in [0, 0.05) is 12.5 Å². The molecular formula is C12H17NO2. The maximum Gasteiger partial charge on any atom is 0.120 e. The Morgan fingerprint density at radius 3 is 2.87 bits per heavy atom. The van der Waals surface area contributed by atoms with Crippen LogP contribution in [0, 0.1) is 0 Å². The number of hydrogen-bond acceptors (Lipinski definition) is 3. The highest BCUT2D eigenvalue weighted by molar-refractivity contribution is 5.32. The second-order valence-electron chi connectivity index (χ2n) is 4.39. The van der Waals surface area contributed by atoms with E-state index in [1.807, 2.05) is 25.1 Å².